The predicted octanol–water partition coefficient (Wildman–Crippen LogP) is -0.276. The van der Waals surface area contributed by atoms with E-state index < -0.39 is 0 Å². The van der Waals surface area contributed by atoms with Gasteiger partial charge in [-0.05, 0) is 12.5 Å². The molecule has 1 N–H and O–H groups in total. The summed E-state index contributed by atoms with van der Waals surface area (Å²) in [4.78, 5) is 13.6. The lowest BCUT2D eigenvalue weighted by atomic mass is 10.1. The fraction of sp³-hybridized carbons (Fsp3) is 0.600. The van der Waals surface area contributed by atoms with Crippen molar-refractivity contribution in [2.75, 3.05) is 19.7 Å². The molecule has 0 aromatic carbocycles. The first-order valence-electron chi connectivity index (χ1n) is 5.15. The van der Waals surface area contributed by atoms with E-state index in [1.54, 1.807) is 28.0 Å². The summed E-state index contributed by atoms with van der Waals surface area (Å²) in [7, 11) is 0. The maximum Gasteiger partial charge on any atom is 0.244 e. The summed E-state index contributed by atoms with van der Waals surface area (Å²) in [6.07, 6.45) is 4.34. The molecule has 1 atom stereocenters. The average Bonchev–Trinajstić information content (AvgIpc) is 2.86. The van der Waals surface area contributed by atoms with Crippen molar-refractivity contribution < 1.29 is 9.90 Å². The van der Waals surface area contributed by atoms with E-state index in [2.05, 4.69) is 5.10 Å². The van der Waals surface area contributed by atoms with Crippen LogP contribution in [0.1, 0.15) is 6.42 Å². The van der Waals surface area contributed by atoms with Crippen molar-refractivity contribution in [1.82, 2.24) is 14.7 Å². The van der Waals surface area contributed by atoms with E-state index in [0.29, 0.717) is 13.1 Å². The summed E-state index contributed by atoms with van der Waals surface area (Å²) >= 11 is 0. The molecule has 0 saturated carbocycles. The highest BCUT2D eigenvalue weighted by Gasteiger charge is 2.25. The molecule has 2 heterocycles. The Bertz CT molecular complexity index is 323. The maximum atomic E-state index is 11.8. The number of rotatable bonds is 3. The van der Waals surface area contributed by atoms with E-state index in [-0.39, 0.29) is 18.4 Å². The van der Waals surface area contributed by atoms with Crippen LogP contribution in [0.2, 0.25) is 0 Å². The van der Waals surface area contributed by atoms with Gasteiger partial charge in [0.05, 0.1) is 0 Å². The Labute approximate surface area is 88.3 Å². The van der Waals surface area contributed by atoms with Gasteiger partial charge in [0.1, 0.15) is 6.54 Å². The SMILES string of the molecule is O=C(Cn1cccn1)N1CC[C@@H](CO)C1. The van der Waals surface area contributed by atoms with Crippen molar-refractivity contribution >= 4 is 5.91 Å². The Morgan fingerprint density at radius 2 is 2.47 bits per heavy atom. The summed E-state index contributed by atoms with van der Waals surface area (Å²) in [5.41, 5.74) is 0. The molecule has 0 aliphatic carbocycles. The third-order valence-electron chi connectivity index (χ3n) is 2.75. The number of nitrogens with zero attached hydrogens (tertiary/aromatic N) is 3. The monoisotopic (exact) mass is 209 g/mol. The number of aliphatic hydroxyl groups excluding tert-OH is 1. The van der Waals surface area contributed by atoms with Crippen molar-refractivity contribution in [2.45, 2.75) is 13.0 Å². The predicted molar refractivity (Wildman–Crippen MR) is 54.0 cm³/mol. The molecule has 5 nitrogen and oxygen atoms in total. The number of carbonyl (C=O) groups is 1. The molecular weight excluding hydrogens is 194 g/mol. The Kier molecular flexibility index (Phi) is 3.01. The first-order valence-corrected chi connectivity index (χ1v) is 5.15. The molecule has 1 amide bonds. The minimum atomic E-state index is 0.0784. The Morgan fingerprint density at radius 1 is 1.60 bits per heavy atom. The van der Waals surface area contributed by atoms with Gasteiger partial charge in [0, 0.05) is 38.0 Å². The van der Waals surface area contributed by atoms with Gasteiger partial charge < -0.3 is 10.0 Å². The molecule has 0 unspecified atom stereocenters. The minimum Gasteiger partial charge on any atom is -0.396 e. The van der Waals surface area contributed by atoms with Crippen LogP contribution in [0.5, 0.6) is 0 Å². The smallest absolute Gasteiger partial charge is 0.244 e. The first kappa shape index (κ1) is 10.2. The molecule has 2 rings (SSSR count). The Morgan fingerprint density at radius 3 is 3.07 bits per heavy atom. The average molecular weight is 209 g/mol. The number of hydrogen-bond donors (Lipinski definition) is 1. The maximum absolute atomic E-state index is 11.8. The Hall–Kier alpha value is -1.36. The van der Waals surface area contributed by atoms with Crippen LogP contribution in [0.15, 0.2) is 18.5 Å². The molecule has 5 heteroatoms. The van der Waals surface area contributed by atoms with Crippen LogP contribution in [0.25, 0.3) is 0 Å². The number of aliphatic hydroxyl groups is 1. The lowest BCUT2D eigenvalue weighted by Crippen LogP contribution is -2.32. The van der Waals surface area contributed by atoms with Crippen molar-refractivity contribution in [2.24, 2.45) is 5.92 Å². The summed E-state index contributed by atoms with van der Waals surface area (Å²) in [5, 5.41) is 13.0. The van der Waals surface area contributed by atoms with E-state index in [9.17, 15) is 4.79 Å². The zero-order valence-electron chi connectivity index (χ0n) is 8.54. The van der Waals surface area contributed by atoms with Crippen LogP contribution >= 0.6 is 0 Å². The molecule has 1 aliphatic rings. The van der Waals surface area contributed by atoms with Crippen LogP contribution < -0.4 is 0 Å². The second-order valence-corrected chi connectivity index (χ2v) is 3.88. The van der Waals surface area contributed by atoms with Crippen molar-refractivity contribution in [3.05, 3.63) is 18.5 Å². The highest BCUT2D eigenvalue weighted by Crippen LogP contribution is 2.15. The molecule has 1 aromatic heterocycles. The number of amides is 1. The minimum absolute atomic E-state index is 0.0784. The van der Waals surface area contributed by atoms with Crippen LogP contribution in [0.4, 0.5) is 0 Å². The number of hydrogen-bond acceptors (Lipinski definition) is 3. The van der Waals surface area contributed by atoms with Gasteiger partial charge in [-0.15, -0.1) is 0 Å². The largest absolute Gasteiger partial charge is 0.396 e. The highest BCUT2D eigenvalue weighted by molar-refractivity contribution is 5.76. The van der Waals surface area contributed by atoms with Gasteiger partial charge >= 0.3 is 0 Å². The van der Waals surface area contributed by atoms with Gasteiger partial charge in [0.2, 0.25) is 5.91 Å². The van der Waals surface area contributed by atoms with E-state index in [4.69, 9.17) is 5.11 Å². The van der Waals surface area contributed by atoms with Crippen molar-refractivity contribution in [1.29, 1.82) is 0 Å². The third-order valence-corrected chi connectivity index (χ3v) is 2.75. The van der Waals surface area contributed by atoms with Crippen molar-refractivity contribution in [3.8, 4) is 0 Å². The lowest BCUT2D eigenvalue weighted by molar-refractivity contribution is -0.131. The van der Waals surface area contributed by atoms with Crippen LogP contribution in [0.3, 0.4) is 0 Å². The van der Waals surface area contributed by atoms with Crippen LogP contribution in [-0.2, 0) is 11.3 Å². The zero-order chi connectivity index (χ0) is 10.7. The second-order valence-electron chi connectivity index (χ2n) is 3.88. The van der Waals surface area contributed by atoms with E-state index >= 15 is 0 Å². The van der Waals surface area contributed by atoms with Crippen molar-refractivity contribution in [3.63, 3.8) is 0 Å². The number of carbonyl (C=O) groups excluding carboxylic acids is 1. The molecule has 0 spiro atoms. The molecular formula is C10H15N3O2. The molecule has 1 saturated heterocycles. The van der Waals surface area contributed by atoms with Gasteiger partial charge in [-0.25, -0.2) is 0 Å². The third kappa shape index (κ3) is 2.36. The van der Waals surface area contributed by atoms with Crippen LogP contribution in [0, 0.1) is 5.92 Å². The quantitative estimate of drug-likeness (QED) is 0.745. The first-order chi connectivity index (χ1) is 7.29. The number of aromatic nitrogens is 2. The van der Waals surface area contributed by atoms with E-state index in [1.807, 2.05) is 0 Å². The normalized spacial score (nSPS) is 20.9. The van der Waals surface area contributed by atoms with Gasteiger partial charge in [-0.1, -0.05) is 0 Å². The van der Waals surface area contributed by atoms with Gasteiger partial charge in [0.15, 0.2) is 0 Å². The summed E-state index contributed by atoms with van der Waals surface area (Å²) in [6.45, 7) is 1.90. The summed E-state index contributed by atoms with van der Waals surface area (Å²) in [5.74, 6) is 0.334. The van der Waals surface area contributed by atoms with Crippen LogP contribution in [-0.4, -0.2) is 45.4 Å². The second kappa shape index (κ2) is 4.44. The molecule has 1 aromatic rings. The summed E-state index contributed by atoms with van der Waals surface area (Å²) < 4.78 is 1.62. The van der Waals surface area contributed by atoms with Gasteiger partial charge in [0.25, 0.3) is 0 Å². The molecule has 1 fully saturated rings. The highest BCUT2D eigenvalue weighted by atomic mass is 16.3. The van der Waals surface area contributed by atoms with E-state index in [1.165, 1.54) is 0 Å². The lowest BCUT2D eigenvalue weighted by Gasteiger charge is -2.15. The van der Waals surface area contributed by atoms with Gasteiger partial charge in [-0.3, -0.25) is 9.48 Å². The number of likely N-dealkylation sites (tertiary alicyclic amines) is 1. The molecule has 0 radical (unpaired) electrons. The molecule has 1 aliphatic heterocycles. The molecule has 0 bridgehead atoms. The molecule has 82 valence electrons. The molecule has 15 heavy (non-hydrogen) atoms. The fourth-order valence-corrected chi connectivity index (χ4v) is 1.84. The Balaban J connectivity index is 1.87. The summed E-state index contributed by atoms with van der Waals surface area (Å²) in [6, 6.07) is 1.80. The van der Waals surface area contributed by atoms with E-state index in [0.717, 1.165) is 13.0 Å². The zero-order valence-corrected chi connectivity index (χ0v) is 8.54. The topological polar surface area (TPSA) is 58.4 Å². The standard InChI is InChI=1S/C10H15N3O2/c14-8-9-2-5-12(6-9)10(15)7-13-4-1-3-11-13/h1,3-4,9,14H,2,5-8H2/t9-/m1/s1. The fourth-order valence-electron chi connectivity index (χ4n) is 1.84. The van der Waals surface area contributed by atoms with Gasteiger partial charge in [-0.2, -0.15) is 5.10 Å².